The molecule has 0 saturated carbocycles. The van der Waals surface area contributed by atoms with Crippen molar-refractivity contribution >= 4 is 17.7 Å². The molecule has 86 valence electrons. The summed E-state index contributed by atoms with van der Waals surface area (Å²) in [6.45, 7) is 0. The van der Waals surface area contributed by atoms with Crippen molar-refractivity contribution in [2.45, 2.75) is 0 Å². The minimum Gasteiger partial charge on any atom is -0.478 e. The number of aromatic nitrogens is 2. The van der Waals surface area contributed by atoms with Gasteiger partial charge in [0, 0.05) is 11.6 Å². The van der Waals surface area contributed by atoms with Gasteiger partial charge in [0.15, 0.2) is 0 Å². The highest BCUT2D eigenvalue weighted by atomic mass is 16.4. The Hall–Kier alpha value is -2.63. The minimum absolute atomic E-state index is 0.0855. The monoisotopic (exact) mass is 230 g/mol. The molecule has 0 aliphatic rings. The highest BCUT2D eigenvalue weighted by Crippen LogP contribution is 2.19. The van der Waals surface area contributed by atoms with Gasteiger partial charge in [-0.05, 0) is 12.1 Å². The van der Waals surface area contributed by atoms with E-state index in [-0.39, 0.29) is 17.3 Å². The molecule has 2 rings (SSSR count). The van der Waals surface area contributed by atoms with Crippen LogP contribution in [0.1, 0.15) is 10.4 Å². The Labute approximate surface area is 96.9 Å². The summed E-state index contributed by atoms with van der Waals surface area (Å²) < 4.78 is 0. The van der Waals surface area contributed by atoms with Crippen LogP contribution in [0.2, 0.25) is 0 Å². The Morgan fingerprint density at radius 3 is 2.29 bits per heavy atom. The number of aromatic carboxylic acids is 1. The topological polar surface area (TPSA) is 115 Å². The number of benzene rings is 1. The molecule has 0 radical (unpaired) electrons. The van der Waals surface area contributed by atoms with Gasteiger partial charge in [-0.2, -0.15) is 4.98 Å². The molecule has 17 heavy (non-hydrogen) atoms. The maximum absolute atomic E-state index is 10.7. The van der Waals surface area contributed by atoms with Crippen LogP contribution in [-0.2, 0) is 0 Å². The van der Waals surface area contributed by atoms with Crippen LogP contribution in [0.25, 0.3) is 11.3 Å². The van der Waals surface area contributed by atoms with Crippen molar-refractivity contribution in [2.75, 3.05) is 11.5 Å². The van der Waals surface area contributed by atoms with Gasteiger partial charge in [-0.1, -0.05) is 12.1 Å². The number of carboxylic acids is 1. The summed E-state index contributed by atoms with van der Waals surface area (Å²) in [7, 11) is 0. The molecule has 6 heteroatoms. The number of nitrogens with two attached hydrogens (primary N) is 2. The lowest BCUT2D eigenvalue weighted by Crippen LogP contribution is -2.01. The van der Waals surface area contributed by atoms with Gasteiger partial charge in [0.2, 0.25) is 5.95 Å². The molecule has 5 N–H and O–H groups in total. The average Bonchev–Trinajstić information content (AvgIpc) is 2.28. The van der Waals surface area contributed by atoms with Crippen molar-refractivity contribution in [2.24, 2.45) is 0 Å². The summed E-state index contributed by atoms with van der Waals surface area (Å²) in [6.07, 6.45) is 0. The zero-order valence-electron chi connectivity index (χ0n) is 8.79. The normalized spacial score (nSPS) is 10.1. The summed E-state index contributed by atoms with van der Waals surface area (Å²) >= 11 is 0. The van der Waals surface area contributed by atoms with Crippen LogP contribution < -0.4 is 11.5 Å². The van der Waals surface area contributed by atoms with Gasteiger partial charge in [-0.15, -0.1) is 0 Å². The highest BCUT2D eigenvalue weighted by Gasteiger charge is 2.05. The van der Waals surface area contributed by atoms with E-state index in [9.17, 15) is 4.79 Å². The quantitative estimate of drug-likeness (QED) is 0.709. The number of carboxylic acid groups (broad SMARTS) is 1. The number of rotatable bonds is 2. The molecule has 0 aliphatic heterocycles. The molecule has 0 atom stereocenters. The molecule has 0 aliphatic carbocycles. The number of hydrogen-bond acceptors (Lipinski definition) is 5. The fourth-order valence-electron chi connectivity index (χ4n) is 1.42. The van der Waals surface area contributed by atoms with Crippen molar-refractivity contribution in [1.29, 1.82) is 0 Å². The third kappa shape index (κ3) is 2.31. The van der Waals surface area contributed by atoms with Gasteiger partial charge in [0.25, 0.3) is 0 Å². The molecular formula is C11H10N4O2. The lowest BCUT2D eigenvalue weighted by molar-refractivity contribution is 0.0697. The second kappa shape index (κ2) is 4.09. The van der Waals surface area contributed by atoms with Gasteiger partial charge in [0.1, 0.15) is 5.82 Å². The van der Waals surface area contributed by atoms with Crippen LogP contribution in [0, 0.1) is 0 Å². The summed E-state index contributed by atoms with van der Waals surface area (Å²) in [6, 6.07) is 7.85. The molecule has 0 saturated heterocycles. The van der Waals surface area contributed by atoms with E-state index in [4.69, 9.17) is 16.6 Å². The van der Waals surface area contributed by atoms with Crippen LogP contribution in [0.3, 0.4) is 0 Å². The predicted octanol–water partition coefficient (Wildman–Crippen LogP) is 1.01. The third-order valence-electron chi connectivity index (χ3n) is 2.19. The van der Waals surface area contributed by atoms with Crippen LogP contribution in [-0.4, -0.2) is 21.0 Å². The first-order valence-electron chi connectivity index (χ1n) is 4.80. The molecule has 0 fully saturated rings. The smallest absolute Gasteiger partial charge is 0.335 e. The first kappa shape index (κ1) is 10.9. The van der Waals surface area contributed by atoms with E-state index in [1.807, 2.05) is 0 Å². The first-order chi connectivity index (χ1) is 8.06. The SMILES string of the molecule is Nc1cc(-c2ccc(C(=O)O)cc2)nc(N)n1. The van der Waals surface area contributed by atoms with Crippen molar-refractivity contribution in [3.05, 3.63) is 35.9 Å². The highest BCUT2D eigenvalue weighted by molar-refractivity contribution is 5.88. The van der Waals surface area contributed by atoms with E-state index in [1.54, 1.807) is 18.2 Å². The standard InChI is InChI=1S/C11H10N4O2/c12-9-5-8(14-11(13)15-9)6-1-3-7(4-2-6)10(16)17/h1-5H,(H,16,17)(H4,12,13,14,15). The van der Waals surface area contributed by atoms with Crippen molar-refractivity contribution < 1.29 is 9.90 Å². The molecular weight excluding hydrogens is 220 g/mol. The molecule has 0 bridgehead atoms. The van der Waals surface area contributed by atoms with Crippen LogP contribution in [0.4, 0.5) is 11.8 Å². The Morgan fingerprint density at radius 2 is 1.76 bits per heavy atom. The minimum atomic E-state index is -0.974. The number of hydrogen-bond donors (Lipinski definition) is 3. The van der Waals surface area contributed by atoms with Crippen molar-refractivity contribution in [3.63, 3.8) is 0 Å². The van der Waals surface area contributed by atoms with Crippen molar-refractivity contribution in [3.8, 4) is 11.3 Å². The van der Waals surface area contributed by atoms with E-state index in [0.717, 1.165) is 5.56 Å². The van der Waals surface area contributed by atoms with Crippen molar-refractivity contribution in [1.82, 2.24) is 9.97 Å². The Balaban J connectivity index is 2.43. The molecule has 2 aromatic rings. The second-order valence-electron chi connectivity index (χ2n) is 3.42. The van der Waals surface area contributed by atoms with Gasteiger partial charge in [-0.25, -0.2) is 9.78 Å². The first-order valence-corrected chi connectivity index (χ1v) is 4.80. The Kier molecular flexibility index (Phi) is 2.61. The van der Waals surface area contributed by atoms with Gasteiger partial charge in [-0.3, -0.25) is 0 Å². The number of nitrogens with zero attached hydrogens (tertiary/aromatic N) is 2. The van der Waals surface area contributed by atoms with Crippen LogP contribution in [0.15, 0.2) is 30.3 Å². The van der Waals surface area contributed by atoms with E-state index in [0.29, 0.717) is 5.69 Å². The zero-order valence-corrected chi connectivity index (χ0v) is 8.79. The lowest BCUT2D eigenvalue weighted by Gasteiger charge is -2.03. The predicted molar refractivity (Wildman–Crippen MR) is 63.3 cm³/mol. The van der Waals surface area contributed by atoms with Gasteiger partial charge >= 0.3 is 5.97 Å². The maximum atomic E-state index is 10.7. The molecule has 1 aromatic carbocycles. The third-order valence-corrected chi connectivity index (χ3v) is 2.19. The van der Waals surface area contributed by atoms with E-state index < -0.39 is 5.97 Å². The van der Waals surface area contributed by atoms with Crippen LogP contribution in [0.5, 0.6) is 0 Å². The van der Waals surface area contributed by atoms with Gasteiger partial charge in [0.05, 0.1) is 11.3 Å². The maximum Gasteiger partial charge on any atom is 0.335 e. The molecule has 0 unspecified atom stereocenters. The Morgan fingerprint density at radius 1 is 1.12 bits per heavy atom. The van der Waals surface area contributed by atoms with Crippen LogP contribution >= 0.6 is 0 Å². The fraction of sp³-hybridized carbons (Fsp3) is 0. The fourth-order valence-corrected chi connectivity index (χ4v) is 1.42. The number of nitrogen functional groups attached to an aromatic ring is 2. The largest absolute Gasteiger partial charge is 0.478 e. The number of carbonyl (C=O) groups is 1. The van der Waals surface area contributed by atoms with E-state index >= 15 is 0 Å². The lowest BCUT2D eigenvalue weighted by atomic mass is 10.1. The van der Waals surface area contributed by atoms with Gasteiger partial charge < -0.3 is 16.6 Å². The van der Waals surface area contributed by atoms with E-state index in [2.05, 4.69) is 9.97 Å². The summed E-state index contributed by atoms with van der Waals surface area (Å²) in [5.74, 6) is -0.615. The zero-order chi connectivity index (χ0) is 12.4. The summed E-state index contributed by atoms with van der Waals surface area (Å²) in [4.78, 5) is 18.5. The Bertz CT molecular complexity index is 546. The molecule has 1 heterocycles. The second-order valence-corrected chi connectivity index (χ2v) is 3.42. The molecule has 6 nitrogen and oxygen atoms in total. The average molecular weight is 230 g/mol. The summed E-state index contributed by atoms with van der Waals surface area (Å²) in [5.41, 5.74) is 12.5. The number of anilines is 2. The molecule has 0 amide bonds. The molecule has 0 spiro atoms. The van der Waals surface area contributed by atoms with E-state index in [1.165, 1.54) is 12.1 Å². The molecule has 1 aromatic heterocycles. The summed E-state index contributed by atoms with van der Waals surface area (Å²) in [5, 5.41) is 8.77.